The van der Waals surface area contributed by atoms with Gasteiger partial charge in [-0.3, -0.25) is 0 Å². The zero-order valence-electron chi connectivity index (χ0n) is 8.26. The molecule has 0 atom stereocenters. The van der Waals surface area contributed by atoms with E-state index in [2.05, 4.69) is 35.5 Å². The molecule has 0 saturated carbocycles. The first-order valence-corrected chi connectivity index (χ1v) is 4.03. The standard InChI is InChI=1S/C10H16N2/c1-8-6-7-10(11(3)4)9(2)12(8)5/h6-7H,2H2,1,3-5H3. The zero-order valence-corrected chi connectivity index (χ0v) is 8.26. The molecule has 0 bridgehead atoms. The first kappa shape index (κ1) is 8.91. The fraction of sp³-hybridized carbons (Fsp3) is 0.400. The monoisotopic (exact) mass is 164 g/mol. The summed E-state index contributed by atoms with van der Waals surface area (Å²) in [5.41, 5.74) is 3.45. The van der Waals surface area contributed by atoms with E-state index in [1.54, 1.807) is 0 Å². The Labute approximate surface area is 74.5 Å². The van der Waals surface area contributed by atoms with Gasteiger partial charge in [0.05, 0.1) is 11.4 Å². The lowest BCUT2D eigenvalue weighted by atomic mass is 10.2. The highest BCUT2D eigenvalue weighted by molar-refractivity contribution is 5.36. The van der Waals surface area contributed by atoms with Crippen LogP contribution < -0.4 is 0 Å². The van der Waals surface area contributed by atoms with Crippen LogP contribution >= 0.6 is 0 Å². The van der Waals surface area contributed by atoms with Crippen LogP contribution in [0.15, 0.2) is 35.8 Å². The number of hydrogen-bond donors (Lipinski definition) is 0. The second-order valence-corrected chi connectivity index (χ2v) is 3.26. The van der Waals surface area contributed by atoms with Crippen LogP contribution in [0.1, 0.15) is 6.92 Å². The van der Waals surface area contributed by atoms with Crippen LogP contribution in [0.4, 0.5) is 0 Å². The SMILES string of the molecule is C=C1C(N(C)C)=CC=C(C)N1C. The number of hydrogen-bond acceptors (Lipinski definition) is 2. The molecule has 1 aliphatic heterocycles. The molecule has 0 aromatic heterocycles. The molecule has 2 nitrogen and oxygen atoms in total. The molecule has 0 unspecified atom stereocenters. The molecule has 0 fully saturated rings. The summed E-state index contributed by atoms with van der Waals surface area (Å²) >= 11 is 0. The van der Waals surface area contributed by atoms with Crippen molar-refractivity contribution < 1.29 is 0 Å². The minimum atomic E-state index is 1.06. The smallest absolute Gasteiger partial charge is 0.0596 e. The van der Waals surface area contributed by atoms with Crippen molar-refractivity contribution in [3.63, 3.8) is 0 Å². The van der Waals surface area contributed by atoms with Gasteiger partial charge in [-0.05, 0) is 19.1 Å². The Morgan fingerprint density at radius 2 is 1.92 bits per heavy atom. The molecule has 0 saturated heterocycles. The number of allylic oxidation sites excluding steroid dienone is 3. The van der Waals surface area contributed by atoms with Gasteiger partial charge in [0, 0.05) is 26.8 Å². The molecule has 0 spiro atoms. The number of nitrogens with zero attached hydrogens (tertiary/aromatic N) is 2. The highest BCUT2D eigenvalue weighted by atomic mass is 15.2. The van der Waals surface area contributed by atoms with Crippen molar-refractivity contribution in [2.24, 2.45) is 0 Å². The lowest BCUT2D eigenvalue weighted by Gasteiger charge is -2.30. The summed E-state index contributed by atoms with van der Waals surface area (Å²) in [4.78, 5) is 4.16. The van der Waals surface area contributed by atoms with Crippen LogP contribution in [0.25, 0.3) is 0 Å². The summed E-state index contributed by atoms with van der Waals surface area (Å²) in [7, 11) is 6.09. The van der Waals surface area contributed by atoms with Gasteiger partial charge in [-0.25, -0.2) is 0 Å². The van der Waals surface area contributed by atoms with Gasteiger partial charge in [0.2, 0.25) is 0 Å². The second kappa shape index (κ2) is 3.05. The van der Waals surface area contributed by atoms with Gasteiger partial charge < -0.3 is 9.80 Å². The first-order chi connectivity index (χ1) is 5.54. The summed E-state index contributed by atoms with van der Waals surface area (Å²) in [6, 6.07) is 0. The maximum absolute atomic E-state index is 4.02. The quantitative estimate of drug-likeness (QED) is 0.583. The summed E-state index contributed by atoms with van der Waals surface area (Å²) in [5.74, 6) is 0. The van der Waals surface area contributed by atoms with Crippen LogP contribution in [0, 0.1) is 0 Å². The molecule has 0 amide bonds. The van der Waals surface area contributed by atoms with Crippen molar-refractivity contribution in [3.05, 3.63) is 35.8 Å². The third kappa shape index (κ3) is 1.37. The van der Waals surface area contributed by atoms with Gasteiger partial charge in [0.25, 0.3) is 0 Å². The van der Waals surface area contributed by atoms with E-state index in [-0.39, 0.29) is 0 Å². The Balaban J connectivity index is 2.98. The van der Waals surface area contributed by atoms with Crippen molar-refractivity contribution >= 4 is 0 Å². The fourth-order valence-electron chi connectivity index (χ4n) is 1.20. The van der Waals surface area contributed by atoms with Gasteiger partial charge in [0.15, 0.2) is 0 Å². The first-order valence-electron chi connectivity index (χ1n) is 4.03. The summed E-state index contributed by atoms with van der Waals surface area (Å²) in [6.07, 6.45) is 4.20. The van der Waals surface area contributed by atoms with Crippen molar-refractivity contribution in [2.45, 2.75) is 6.92 Å². The van der Waals surface area contributed by atoms with Gasteiger partial charge in [-0.15, -0.1) is 0 Å². The maximum Gasteiger partial charge on any atom is 0.0596 e. The van der Waals surface area contributed by atoms with Crippen LogP contribution in [0.2, 0.25) is 0 Å². The highest BCUT2D eigenvalue weighted by Gasteiger charge is 2.13. The number of likely N-dealkylation sites (N-methyl/N-ethyl adjacent to an activating group) is 2. The van der Waals surface area contributed by atoms with Crippen LogP contribution in [0.5, 0.6) is 0 Å². The predicted molar refractivity (Wildman–Crippen MR) is 52.4 cm³/mol. The van der Waals surface area contributed by atoms with Crippen molar-refractivity contribution in [1.82, 2.24) is 9.80 Å². The lowest BCUT2D eigenvalue weighted by molar-refractivity contribution is 0.443. The van der Waals surface area contributed by atoms with Gasteiger partial charge in [0.1, 0.15) is 0 Å². The van der Waals surface area contributed by atoms with Crippen LogP contribution in [0.3, 0.4) is 0 Å². The molecule has 0 N–H and O–H groups in total. The molecule has 66 valence electrons. The molecular formula is C10H16N2. The van der Waals surface area contributed by atoms with Crippen LogP contribution in [-0.4, -0.2) is 30.9 Å². The summed E-state index contributed by atoms with van der Waals surface area (Å²) < 4.78 is 0. The zero-order chi connectivity index (χ0) is 9.30. The number of rotatable bonds is 1. The topological polar surface area (TPSA) is 6.48 Å². The molecule has 12 heavy (non-hydrogen) atoms. The lowest BCUT2D eigenvalue weighted by Crippen LogP contribution is -2.25. The highest BCUT2D eigenvalue weighted by Crippen LogP contribution is 2.22. The largest absolute Gasteiger partial charge is 0.376 e. The Kier molecular flexibility index (Phi) is 2.27. The molecule has 0 radical (unpaired) electrons. The van der Waals surface area contributed by atoms with E-state index in [0.717, 1.165) is 5.70 Å². The Bertz CT molecular complexity index is 259. The Morgan fingerprint density at radius 3 is 2.42 bits per heavy atom. The van der Waals surface area contributed by atoms with E-state index in [9.17, 15) is 0 Å². The van der Waals surface area contributed by atoms with Crippen molar-refractivity contribution in [2.75, 3.05) is 21.1 Å². The minimum absolute atomic E-state index is 1.06. The molecule has 1 aliphatic rings. The molecular weight excluding hydrogens is 148 g/mol. The fourth-order valence-corrected chi connectivity index (χ4v) is 1.20. The van der Waals surface area contributed by atoms with Gasteiger partial charge in [-0.2, -0.15) is 0 Å². The third-order valence-corrected chi connectivity index (χ3v) is 2.19. The van der Waals surface area contributed by atoms with E-state index in [0.29, 0.717) is 0 Å². The Morgan fingerprint density at radius 1 is 1.33 bits per heavy atom. The molecule has 2 heteroatoms. The summed E-state index contributed by atoms with van der Waals surface area (Å²) in [6.45, 7) is 6.10. The molecule has 0 aromatic rings. The third-order valence-electron chi connectivity index (χ3n) is 2.19. The normalized spacial score (nSPS) is 17.3. The molecule has 0 aliphatic carbocycles. The molecule has 1 rings (SSSR count). The van der Waals surface area contributed by atoms with E-state index in [4.69, 9.17) is 0 Å². The second-order valence-electron chi connectivity index (χ2n) is 3.26. The predicted octanol–water partition coefficient (Wildman–Crippen LogP) is 1.79. The Hall–Kier alpha value is -1.18. The van der Waals surface area contributed by atoms with E-state index >= 15 is 0 Å². The van der Waals surface area contributed by atoms with E-state index < -0.39 is 0 Å². The van der Waals surface area contributed by atoms with Crippen molar-refractivity contribution in [1.29, 1.82) is 0 Å². The summed E-state index contributed by atoms with van der Waals surface area (Å²) in [5, 5.41) is 0. The van der Waals surface area contributed by atoms with E-state index in [1.807, 2.05) is 21.1 Å². The molecule has 1 heterocycles. The van der Waals surface area contributed by atoms with Gasteiger partial charge >= 0.3 is 0 Å². The average Bonchev–Trinajstić information content (AvgIpc) is 2.00. The maximum atomic E-state index is 4.02. The van der Waals surface area contributed by atoms with E-state index in [1.165, 1.54) is 11.4 Å². The van der Waals surface area contributed by atoms with Crippen LogP contribution in [-0.2, 0) is 0 Å². The molecule has 0 aromatic carbocycles. The average molecular weight is 164 g/mol. The van der Waals surface area contributed by atoms with Gasteiger partial charge in [-0.1, -0.05) is 6.58 Å². The minimum Gasteiger partial charge on any atom is -0.376 e. The van der Waals surface area contributed by atoms with Crippen molar-refractivity contribution in [3.8, 4) is 0 Å².